The molecule has 1 amide bonds. The van der Waals surface area contributed by atoms with Crippen LogP contribution in [-0.2, 0) is 9.53 Å². The van der Waals surface area contributed by atoms with Gasteiger partial charge in [-0.05, 0) is 30.5 Å². The van der Waals surface area contributed by atoms with Crippen molar-refractivity contribution in [3.8, 4) is 10.6 Å². The maximum absolute atomic E-state index is 12.4. The number of esters is 1. The number of hydrogen-bond acceptors (Lipinski definition) is 5. The molecule has 0 aliphatic carbocycles. The van der Waals surface area contributed by atoms with Crippen LogP contribution in [0.25, 0.3) is 10.6 Å². The molecule has 0 bridgehead atoms. The average Bonchev–Trinajstić information content (AvgIpc) is 3.09. The number of thiazole rings is 1. The maximum Gasteiger partial charge on any atom is 0.350 e. The first-order valence-electron chi connectivity index (χ1n) is 9.04. The Bertz CT molecular complexity index is 963. The van der Waals surface area contributed by atoms with E-state index in [4.69, 9.17) is 4.74 Å². The highest BCUT2D eigenvalue weighted by atomic mass is 32.1. The van der Waals surface area contributed by atoms with E-state index in [-0.39, 0.29) is 12.5 Å². The number of ether oxygens (including phenoxy) is 1. The Hall–Kier alpha value is -2.99. The van der Waals surface area contributed by atoms with Crippen molar-refractivity contribution in [1.29, 1.82) is 0 Å². The van der Waals surface area contributed by atoms with E-state index >= 15 is 0 Å². The van der Waals surface area contributed by atoms with Gasteiger partial charge in [0.1, 0.15) is 9.88 Å². The van der Waals surface area contributed by atoms with Crippen LogP contribution in [0.4, 0.5) is 5.69 Å². The fourth-order valence-electron chi connectivity index (χ4n) is 2.64. The van der Waals surface area contributed by atoms with Gasteiger partial charge in [-0.1, -0.05) is 56.3 Å². The van der Waals surface area contributed by atoms with Crippen LogP contribution in [0.2, 0.25) is 0 Å². The van der Waals surface area contributed by atoms with Crippen LogP contribution < -0.4 is 5.32 Å². The fraction of sp³-hybridized carbons (Fsp3) is 0.227. The third kappa shape index (κ3) is 4.84. The van der Waals surface area contributed by atoms with Crippen LogP contribution in [-0.4, -0.2) is 23.5 Å². The van der Waals surface area contributed by atoms with Crippen molar-refractivity contribution in [3.05, 3.63) is 70.7 Å². The molecule has 3 aromatic rings. The Labute approximate surface area is 168 Å². The third-order valence-corrected chi connectivity index (χ3v) is 5.38. The zero-order valence-electron chi connectivity index (χ0n) is 16.1. The molecule has 0 saturated carbocycles. The van der Waals surface area contributed by atoms with Gasteiger partial charge in [-0.25, -0.2) is 9.78 Å². The van der Waals surface area contributed by atoms with E-state index in [2.05, 4.69) is 24.1 Å². The molecule has 0 saturated heterocycles. The number of rotatable bonds is 6. The smallest absolute Gasteiger partial charge is 0.350 e. The molecule has 0 aliphatic heterocycles. The molecule has 28 heavy (non-hydrogen) atoms. The van der Waals surface area contributed by atoms with Gasteiger partial charge in [0, 0.05) is 11.3 Å². The molecule has 6 heteroatoms. The number of carbonyl (C=O) groups is 2. The van der Waals surface area contributed by atoms with Gasteiger partial charge in [-0.2, -0.15) is 0 Å². The van der Waals surface area contributed by atoms with Crippen molar-refractivity contribution in [2.24, 2.45) is 0 Å². The number of nitrogens with zero attached hydrogens (tertiary/aromatic N) is 1. The van der Waals surface area contributed by atoms with E-state index in [0.717, 1.165) is 10.6 Å². The Morgan fingerprint density at radius 3 is 2.39 bits per heavy atom. The summed E-state index contributed by atoms with van der Waals surface area (Å²) in [6.07, 6.45) is 0. The maximum atomic E-state index is 12.4. The Morgan fingerprint density at radius 1 is 1.07 bits per heavy atom. The summed E-state index contributed by atoms with van der Waals surface area (Å²) in [7, 11) is 0. The van der Waals surface area contributed by atoms with Gasteiger partial charge in [-0.3, -0.25) is 4.79 Å². The van der Waals surface area contributed by atoms with E-state index in [1.807, 2.05) is 54.6 Å². The van der Waals surface area contributed by atoms with E-state index < -0.39 is 5.97 Å². The number of aryl methyl sites for hydroxylation is 1. The SMILES string of the molecule is Cc1nc(-c2ccccc2)sc1C(=O)OCC(=O)Nc1ccc(C(C)C)cc1. The van der Waals surface area contributed by atoms with Gasteiger partial charge in [0.05, 0.1) is 5.69 Å². The molecular formula is C22H22N2O3S. The van der Waals surface area contributed by atoms with Gasteiger partial charge in [0.15, 0.2) is 6.61 Å². The van der Waals surface area contributed by atoms with E-state index in [0.29, 0.717) is 22.2 Å². The molecular weight excluding hydrogens is 372 g/mol. The molecule has 0 atom stereocenters. The van der Waals surface area contributed by atoms with Crippen LogP contribution in [0.5, 0.6) is 0 Å². The monoisotopic (exact) mass is 394 g/mol. The zero-order valence-corrected chi connectivity index (χ0v) is 16.9. The molecule has 0 unspecified atom stereocenters. The number of aromatic nitrogens is 1. The molecule has 0 aliphatic rings. The summed E-state index contributed by atoms with van der Waals surface area (Å²) < 4.78 is 5.17. The lowest BCUT2D eigenvalue weighted by molar-refractivity contribution is -0.119. The summed E-state index contributed by atoms with van der Waals surface area (Å²) in [5.74, 6) is -0.493. The first-order chi connectivity index (χ1) is 13.4. The Balaban J connectivity index is 1.58. The first kappa shape index (κ1) is 19.8. The second-order valence-corrected chi connectivity index (χ2v) is 7.70. The highest BCUT2D eigenvalue weighted by Crippen LogP contribution is 2.28. The molecule has 1 aromatic heterocycles. The first-order valence-corrected chi connectivity index (χ1v) is 9.85. The summed E-state index contributed by atoms with van der Waals surface area (Å²) in [6, 6.07) is 17.3. The van der Waals surface area contributed by atoms with Crippen LogP contribution in [0.1, 0.15) is 40.7 Å². The summed E-state index contributed by atoms with van der Waals surface area (Å²) in [6.45, 7) is 5.63. The van der Waals surface area contributed by atoms with Crippen molar-refractivity contribution in [1.82, 2.24) is 4.98 Å². The predicted molar refractivity (Wildman–Crippen MR) is 112 cm³/mol. The van der Waals surface area contributed by atoms with Crippen LogP contribution in [0.15, 0.2) is 54.6 Å². The minimum Gasteiger partial charge on any atom is -0.451 e. The van der Waals surface area contributed by atoms with Crippen molar-refractivity contribution in [2.45, 2.75) is 26.7 Å². The zero-order chi connectivity index (χ0) is 20.1. The van der Waals surface area contributed by atoms with E-state index in [1.54, 1.807) is 6.92 Å². The summed E-state index contributed by atoms with van der Waals surface area (Å²) >= 11 is 1.26. The number of nitrogens with one attached hydrogen (secondary N) is 1. The largest absolute Gasteiger partial charge is 0.451 e. The second-order valence-electron chi connectivity index (χ2n) is 6.70. The normalized spacial score (nSPS) is 10.7. The molecule has 0 fully saturated rings. The third-order valence-electron chi connectivity index (χ3n) is 4.20. The van der Waals surface area contributed by atoms with Gasteiger partial charge in [0.2, 0.25) is 0 Å². The summed E-state index contributed by atoms with van der Waals surface area (Å²) in [4.78, 5) is 29.3. The van der Waals surface area contributed by atoms with Gasteiger partial charge < -0.3 is 10.1 Å². The molecule has 1 heterocycles. The lowest BCUT2D eigenvalue weighted by Gasteiger charge is -2.08. The molecule has 144 valence electrons. The number of carbonyl (C=O) groups excluding carboxylic acids is 2. The fourth-order valence-corrected chi connectivity index (χ4v) is 3.60. The Morgan fingerprint density at radius 2 is 1.75 bits per heavy atom. The topological polar surface area (TPSA) is 68.3 Å². The average molecular weight is 394 g/mol. The lowest BCUT2D eigenvalue weighted by atomic mass is 10.0. The van der Waals surface area contributed by atoms with Crippen molar-refractivity contribution in [2.75, 3.05) is 11.9 Å². The molecule has 0 radical (unpaired) electrons. The predicted octanol–water partition coefficient (Wildman–Crippen LogP) is 5.04. The number of hydrogen-bond donors (Lipinski definition) is 1. The van der Waals surface area contributed by atoms with Crippen LogP contribution >= 0.6 is 11.3 Å². The number of benzene rings is 2. The minimum absolute atomic E-state index is 0.344. The lowest BCUT2D eigenvalue weighted by Crippen LogP contribution is -2.20. The quantitative estimate of drug-likeness (QED) is 0.595. The standard InChI is InChI=1S/C22H22N2O3S/c1-14(2)16-9-11-18(12-10-16)24-19(25)13-27-22(26)20-15(3)23-21(28-20)17-7-5-4-6-8-17/h4-12,14H,13H2,1-3H3,(H,24,25). The molecule has 3 rings (SSSR count). The molecule has 0 spiro atoms. The van der Waals surface area contributed by atoms with Gasteiger partial charge >= 0.3 is 5.97 Å². The number of anilines is 1. The molecule has 5 nitrogen and oxygen atoms in total. The number of amides is 1. The molecule has 1 N–H and O–H groups in total. The van der Waals surface area contributed by atoms with Gasteiger partial charge in [0.25, 0.3) is 5.91 Å². The summed E-state index contributed by atoms with van der Waals surface area (Å²) in [5, 5.41) is 3.48. The van der Waals surface area contributed by atoms with Crippen LogP contribution in [0, 0.1) is 6.92 Å². The van der Waals surface area contributed by atoms with Crippen molar-refractivity contribution < 1.29 is 14.3 Å². The molecule has 2 aromatic carbocycles. The highest BCUT2D eigenvalue weighted by Gasteiger charge is 2.18. The highest BCUT2D eigenvalue weighted by molar-refractivity contribution is 7.17. The van der Waals surface area contributed by atoms with E-state index in [1.165, 1.54) is 16.9 Å². The van der Waals surface area contributed by atoms with Crippen LogP contribution in [0.3, 0.4) is 0 Å². The van der Waals surface area contributed by atoms with Crippen molar-refractivity contribution in [3.63, 3.8) is 0 Å². The van der Waals surface area contributed by atoms with Crippen molar-refractivity contribution >= 4 is 28.9 Å². The second kappa shape index (κ2) is 8.80. The minimum atomic E-state index is -0.539. The Kier molecular flexibility index (Phi) is 6.21. The van der Waals surface area contributed by atoms with E-state index in [9.17, 15) is 9.59 Å². The van der Waals surface area contributed by atoms with Gasteiger partial charge in [-0.15, -0.1) is 11.3 Å². The summed E-state index contributed by atoms with van der Waals surface area (Å²) in [5.41, 5.74) is 3.40.